The smallest absolute Gasteiger partial charge is 0.340 e. The summed E-state index contributed by atoms with van der Waals surface area (Å²) in [6, 6.07) is 12.7. The standard InChI is InChI=1S/C22H30N2O2/c1-16-10-11-17(2)24(16)18-12-14-23(15-13-18)20-9-7-6-8-19(20)21(25)26-22(3,4)5/h6-11,18H,12-15H2,1-5H3. The fourth-order valence-corrected chi connectivity index (χ4v) is 3.88. The van der Waals surface area contributed by atoms with E-state index in [9.17, 15) is 4.79 Å². The van der Waals surface area contributed by atoms with E-state index in [1.807, 2.05) is 45.0 Å². The normalized spacial score (nSPS) is 16.0. The molecule has 140 valence electrons. The molecule has 4 nitrogen and oxygen atoms in total. The highest BCUT2D eigenvalue weighted by molar-refractivity contribution is 5.96. The number of carbonyl (C=O) groups excluding carboxylic acids is 1. The van der Waals surface area contributed by atoms with Crippen molar-refractivity contribution in [3.05, 3.63) is 53.3 Å². The Bertz CT molecular complexity index is 758. The van der Waals surface area contributed by atoms with Gasteiger partial charge in [0.05, 0.1) is 11.3 Å². The van der Waals surface area contributed by atoms with Gasteiger partial charge in [0, 0.05) is 30.5 Å². The number of hydrogen-bond donors (Lipinski definition) is 0. The Morgan fingerprint density at radius 2 is 1.58 bits per heavy atom. The van der Waals surface area contributed by atoms with Gasteiger partial charge >= 0.3 is 5.97 Å². The predicted molar refractivity (Wildman–Crippen MR) is 106 cm³/mol. The van der Waals surface area contributed by atoms with Gasteiger partial charge in [0.15, 0.2) is 0 Å². The minimum absolute atomic E-state index is 0.243. The first-order valence-corrected chi connectivity index (χ1v) is 9.48. The van der Waals surface area contributed by atoms with Crippen LogP contribution in [0.25, 0.3) is 0 Å². The molecule has 2 aromatic rings. The Morgan fingerprint density at radius 1 is 1.00 bits per heavy atom. The molecular weight excluding hydrogens is 324 g/mol. The highest BCUT2D eigenvalue weighted by atomic mass is 16.6. The van der Waals surface area contributed by atoms with Crippen LogP contribution in [0, 0.1) is 13.8 Å². The molecular formula is C22H30N2O2. The van der Waals surface area contributed by atoms with Crippen LogP contribution in [-0.2, 0) is 4.74 Å². The van der Waals surface area contributed by atoms with E-state index >= 15 is 0 Å². The number of rotatable bonds is 3. The zero-order valence-corrected chi connectivity index (χ0v) is 16.6. The van der Waals surface area contributed by atoms with E-state index in [4.69, 9.17) is 4.74 Å². The molecule has 1 aromatic heterocycles. The molecule has 0 radical (unpaired) electrons. The molecule has 0 atom stereocenters. The van der Waals surface area contributed by atoms with Crippen molar-refractivity contribution in [2.75, 3.05) is 18.0 Å². The topological polar surface area (TPSA) is 34.5 Å². The Labute approximate surface area is 156 Å². The molecule has 1 aliphatic rings. The minimum atomic E-state index is -0.485. The first-order valence-electron chi connectivity index (χ1n) is 9.48. The molecule has 1 fully saturated rings. The quantitative estimate of drug-likeness (QED) is 0.735. The van der Waals surface area contributed by atoms with E-state index in [1.165, 1.54) is 11.4 Å². The summed E-state index contributed by atoms with van der Waals surface area (Å²) in [5.74, 6) is -0.243. The molecule has 0 unspecified atom stereocenters. The van der Waals surface area contributed by atoms with Crippen LogP contribution in [0.3, 0.4) is 0 Å². The van der Waals surface area contributed by atoms with Crippen LogP contribution in [-0.4, -0.2) is 29.2 Å². The number of hydrogen-bond acceptors (Lipinski definition) is 3. The number of aromatic nitrogens is 1. The van der Waals surface area contributed by atoms with Crippen LogP contribution in [0.5, 0.6) is 0 Å². The van der Waals surface area contributed by atoms with Crippen molar-refractivity contribution in [2.24, 2.45) is 0 Å². The molecule has 1 saturated heterocycles. The molecule has 26 heavy (non-hydrogen) atoms. The van der Waals surface area contributed by atoms with E-state index in [0.29, 0.717) is 11.6 Å². The molecule has 0 bridgehead atoms. The van der Waals surface area contributed by atoms with Crippen molar-refractivity contribution >= 4 is 11.7 Å². The van der Waals surface area contributed by atoms with Crippen LogP contribution in [0.15, 0.2) is 36.4 Å². The number of anilines is 1. The van der Waals surface area contributed by atoms with Gasteiger partial charge in [-0.2, -0.15) is 0 Å². The van der Waals surface area contributed by atoms with E-state index in [1.54, 1.807) is 0 Å². The Balaban J connectivity index is 1.75. The molecule has 3 rings (SSSR count). The lowest BCUT2D eigenvalue weighted by Crippen LogP contribution is -2.36. The summed E-state index contributed by atoms with van der Waals surface area (Å²) >= 11 is 0. The molecule has 4 heteroatoms. The number of benzene rings is 1. The molecule has 0 saturated carbocycles. The summed E-state index contributed by atoms with van der Waals surface area (Å²) in [4.78, 5) is 14.9. The van der Waals surface area contributed by atoms with Crippen LogP contribution in [0.4, 0.5) is 5.69 Å². The lowest BCUT2D eigenvalue weighted by molar-refractivity contribution is 0.00702. The van der Waals surface area contributed by atoms with Gasteiger partial charge in [-0.15, -0.1) is 0 Å². The lowest BCUT2D eigenvalue weighted by atomic mass is 10.0. The molecule has 0 aliphatic carbocycles. The van der Waals surface area contributed by atoms with Gasteiger partial charge in [0.2, 0.25) is 0 Å². The number of para-hydroxylation sites is 1. The molecule has 0 N–H and O–H groups in total. The molecule has 0 spiro atoms. The average molecular weight is 354 g/mol. The number of ether oxygens (including phenoxy) is 1. The molecule has 0 amide bonds. The highest BCUT2D eigenvalue weighted by Gasteiger charge is 2.26. The Hall–Kier alpha value is -2.23. The van der Waals surface area contributed by atoms with Gasteiger partial charge in [-0.3, -0.25) is 0 Å². The van der Waals surface area contributed by atoms with Crippen molar-refractivity contribution in [1.29, 1.82) is 0 Å². The minimum Gasteiger partial charge on any atom is -0.456 e. The van der Waals surface area contributed by atoms with E-state index < -0.39 is 5.60 Å². The third-order valence-corrected chi connectivity index (χ3v) is 5.02. The summed E-state index contributed by atoms with van der Waals surface area (Å²) < 4.78 is 8.05. The van der Waals surface area contributed by atoms with Gasteiger partial charge in [0.1, 0.15) is 5.60 Å². The number of carbonyl (C=O) groups is 1. The van der Waals surface area contributed by atoms with Crippen LogP contribution < -0.4 is 4.90 Å². The average Bonchev–Trinajstić information content (AvgIpc) is 2.92. The summed E-state index contributed by atoms with van der Waals surface area (Å²) in [6.07, 6.45) is 2.16. The Morgan fingerprint density at radius 3 is 2.15 bits per heavy atom. The number of nitrogens with zero attached hydrogens (tertiary/aromatic N) is 2. The molecule has 1 aliphatic heterocycles. The van der Waals surface area contributed by atoms with Crippen LogP contribution >= 0.6 is 0 Å². The molecule has 1 aromatic carbocycles. The van der Waals surface area contributed by atoms with Crippen LogP contribution in [0.2, 0.25) is 0 Å². The second-order valence-corrected chi connectivity index (χ2v) is 8.22. The van der Waals surface area contributed by atoms with Gasteiger partial charge in [-0.1, -0.05) is 12.1 Å². The van der Waals surface area contributed by atoms with E-state index in [-0.39, 0.29) is 5.97 Å². The second kappa shape index (κ2) is 7.18. The Kier molecular flexibility index (Phi) is 5.12. The van der Waals surface area contributed by atoms with E-state index in [2.05, 4.69) is 35.4 Å². The fraction of sp³-hybridized carbons (Fsp3) is 0.500. The summed E-state index contributed by atoms with van der Waals surface area (Å²) in [5, 5.41) is 0. The van der Waals surface area contributed by atoms with Crippen molar-refractivity contribution in [1.82, 2.24) is 4.57 Å². The SMILES string of the molecule is Cc1ccc(C)n1C1CCN(c2ccccc2C(=O)OC(C)(C)C)CC1. The van der Waals surface area contributed by atoms with Crippen molar-refractivity contribution in [2.45, 2.75) is 59.1 Å². The summed E-state index contributed by atoms with van der Waals surface area (Å²) in [5.41, 5.74) is 3.82. The second-order valence-electron chi connectivity index (χ2n) is 8.22. The number of aryl methyl sites for hydroxylation is 2. The largest absolute Gasteiger partial charge is 0.456 e. The summed E-state index contributed by atoms with van der Waals surface area (Å²) in [6.45, 7) is 12.0. The van der Waals surface area contributed by atoms with Gasteiger partial charge in [-0.25, -0.2) is 4.79 Å². The zero-order chi connectivity index (χ0) is 18.9. The zero-order valence-electron chi connectivity index (χ0n) is 16.6. The monoisotopic (exact) mass is 354 g/mol. The lowest BCUT2D eigenvalue weighted by Gasteiger charge is -2.36. The van der Waals surface area contributed by atoms with Gasteiger partial charge < -0.3 is 14.2 Å². The predicted octanol–water partition coefficient (Wildman–Crippen LogP) is 4.90. The summed E-state index contributed by atoms with van der Waals surface area (Å²) in [7, 11) is 0. The maximum Gasteiger partial charge on any atom is 0.340 e. The van der Waals surface area contributed by atoms with Crippen molar-refractivity contribution < 1.29 is 9.53 Å². The van der Waals surface area contributed by atoms with E-state index in [0.717, 1.165) is 31.6 Å². The first-order chi connectivity index (χ1) is 12.3. The third-order valence-electron chi connectivity index (χ3n) is 5.02. The van der Waals surface area contributed by atoms with Gasteiger partial charge in [-0.05, 0) is 71.7 Å². The van der Waals surface area contributed by atoms with Gasteiger partial charge in [0.25, 0.3) is 0 Å². The highest BCUT2D eigenvalue weighted by Crippen LogP contribution is 2.31. The first kappa shape index (κ1) is 18.6. The maximum atomic E-state index is 12.6. The maximum absolute atomic E-state index is 12.6. The molecule has 2 heterocycles. The number of esters is 1. The van der Waals surface area contributed by atoms with Crippen LogP contribution in [0.1, 0.15) is 61.4 Å². The van der Waals surface area contributed by atoms with Crippen molar-refractivity contribution in [3.63, 3.8) is 0 Å². The third kappa shape index (κ3) is 3.95. The van der Waals surface area contributed by atoms with Crippen molar-refractivity contribution in [3.8, 4) is 0 Å². The number of piperidine rings is 1. The fourth-order valence-electron chi connectivity index (χ4n) is 3.88.